The number of benzene rings is 1. The summed E-state index contributed by atoms with van der Waals surface area (Å²) in [5.41, 5.74) is 0.694. The highest BCUT2D eigenvalue weighted by Crippen LogP contribution is 2.17. The summed E-state index contributed by atoms with van der Waals surface area (Å²) in [6.45, 7) is 6.93. The second-order valence-electron chi connectivity index (χ2n) is 4.63. The molecule has 0 aliphatic heterocycles. The normalized spacial score (nSPS) is 11.8. The van der Waals surface area contributed by atoms with Crippen molar-refractivity contribution in [1.82, 2.24) is 5.32 Å². The van der Waals surface area contributed by atoms with E-state index < -0.39 is 6.10 Å². The molecule has 1 aromatic carbocycles. The van der Waals surface area contributed by atoms with Crippen LogP contribution in [0.2, 0.25) is 0 Å². The quantitative estimate of drug-likeness (QED) is 0.854. The van der Waals surface area contributed by atoms with Gasteiger partial charge in [-0.25, -0.2) is 0 Å². The van der Waals surface area contributed by atoms with E-state index in [0.717, 1.165) is 0 Å². The van der Waals surface area contributed by atoms with Crippen molar-refractivity contribution in [2.24, 2.45) is 0 Å². The highest BCUT2D eigenvalue weighted by molar-refractivity contribution is 5.88. The first-order chi connectivity index (χ1) is 8.88. The lowest BCUT2D eigenvalue weighted by atomic mass is 10.3. The molecule has 0 aliphatic rings. The highest BCUT2D eigenvalue weighted by atomic mass is 16.5. The Hall–Kier alpha value is -2.04. The number of hydrogen-bond acceptors (Lipinski definition) is 3. The summed E-state index contributed by atoms with van der Waals surface area (Å²) in [5, 5.41) is 5.44. The summed E-state index contributed by atoms with van der Waals surface area (Å²) in [6, 6.07) is 6.96. The average Bonchev–Trinajstić information content (AvgIpc) is 2.30. The molecule has 0 fully saturated rings. The van der Waals surface area contributed by atoms with Crippen molar-refractivity contribution in [3.63, 3.8) is 0 Å². The van der Waals surface area contributed by atoms with Crippen molar-refractivity contribution >= 4 is 17.5 Å². The first kappa shape index (κ1) is 15.0. The molecule has 2 N–H and O–H groups in total. The molecule has 0 aromatic heterocycles. The number of carbonyl (C=O) groups excluding carboxylic acids is 2. The predicted molar refractivity (Wildman–Crippen MR) is 74.1 cm³/mol. The van der Waals surface area contributed by atoms with Gasteiger partial charge in [-0.15, -0.1) is 0 Å². The summed E-state index contributed by atoms with van der Waals surface area (Å²) in [6.07, 6.45) is -0.561. The van der Waals surface area contributed by atoms with Crippen LogP contribution in [0, 0.1) is 0 Å². The number of anilines is 1. The lowest BCUT2D eigenvalue weighted by Crippen LogP contribution is -2.40. The summed E-state index contributed by atoms with van der Waals surface area (Å²) in [5.74, 6) is 0.305. The van der Waals surface area contributed by atoms with E-state index in [1.807, 2.05) is 13.8 Å². The topological polar surface area (TPSA) is 67.4 Å². The molecule has 1 rings (SSSR count). The molecule has 5 heteroatoms. The molecule has 1 atom stereocenters. The maximum Gasteiger partial charge on any atom is 0.260 e. The van der Waals surface area contributed by atoms with Crippen LogP contribution < -0.4 is 15.4 Å². The van der Waals surface area contributed by atoms with Crippen LogP contribution in [0.15, 0.2) is 24.3 Å². The zero-order valence-electron chi connectivity index (χ0n) is 11.7. The first-order valence-electron chi connectivity index (χ1n) is 6.23. The minimum atomic E-state index is -0.561. The Morgan fingerprint density at radius 1 is 1.11 bits per heavy atom. The molecular weight excluding hydrogens is 244 g/mol. The van der Waals surface area contributed by atoms with Crippen molar-refractivity contribution < 1.29 is 14.3 Å². The van der Waals surface area contributed by atoms with Gasteiger partial charge in [0.15, 0.2) is 6.10 Å². The van der Waals surface area contributed by atoms with Crippen LogP contribution in [0.25, 0.3) is 0 Å². The van der Waals surface area contributed by atoms with Crippen LogP contribution in [-0.4, -0.2) is 24.0 Å². The third kappa shape index (κ3) is 5.42. The molecule has 0 saturated carbocycles. The zero-order chi connectivity index (χ0) is 14.4. The van der Waals surface area contributed by atoms with Crippen molar-refractivity contribution in [2.45, 2.75) is 39.8 Å². The van der Waals surface area contributed by atoms with E-state index in [2.05, 4.69) is 10.6 Å². The van der Waals surface area contributed by atoms with Crippen LogP contribution >= 0.6 is 0 Å². The van der Waals surface area contributed by atoms with E-state index in [-0.39, 0.29) is 17.9 Å². The Morgan fingerprint density at radius 3 is 2.16 bits per heavy atom. The van der Waals surface area contributed by atoms with Gasteiger partial charge in [-0.05, 0) is 45.0 Å². The molecule has 0 spiro atoms. The molecule has 0 bridgehead atoms. The van der Waals surface area contributed by atoms with Crippen LogP contribution in [-0.2, 0) is 9.59 Å². The van der Waals surface area contributed by atoms with E-state index in [9.17, 15) is 9.59 Å². The molecule has 0 saturated heterocycles. The summed E-state index contributed by atoms with van der Waals surface area (Å²) >= 11 is 0. The molecule has 104 valence electrons. The van der Waals surface area contributed by atoms with Gasteiger partial charge in [0.25, 0.3) is 5.91 Å². The summed E-state index contributed by atoms with van der Waals surface area (Å²) in [7, 11) is 0. The van der Waals surface area contributed by atoms with E-state index in [1.165, 1.54) is 6.92 Å². The fraction of sp³-hybridized carbons (Fsp3) is 0.429. The number of nitrogens with one attached hydrogen (secondary N) is 2. The third-order valence-electron chi connectivity index (χ3n) is 2.29. The standard InChI is InChI=1S/C14H20N2O3/c1-9(2)15-14(18)10(3)19-13-7-5-12(6-8-13)16-11(4)17/h5-10H,1-4H3,(H,15,18)(H,16,17)/t10-/m0/s1. The lowest BCUT2D eigenvalue weighted by molar-refractivity contribution is -0.127. The van der Waals surface area contributed by atoms with Gasteiger partial charge in [0.1, 0.15) is 5.75 Å². The second-order valence-corrected chi connectivity index (χ2v) is 4.63. The third-order valence-corrected chi connectivity index (χ3v) is 2.29. The van der Waals surface area contributed by atoms with Crippen molar-refractivity contribution in [2.75, 3.05) is 5.32 Å². The Morgan fingerprint density at radius 2 is 1.68 bits per heavy atom. The monoisotopic (exact) mass is 264 g/mol. The molecule has 0 heterocycles. The fourth-order valence-electron chi connectivity index (χ4n) is 1.48. The molecule has 0 radical (unpaired) electrons. The SMILES string of the molecule is CC(=O)Nc1ccc(O[C@@H](C)C(=O)NC(C)C)cc1. The number of amides is 2. The maximum atomic E-state index is 11.7. The number of ether oxygens (including phenoxy) is 1. The fourth-order valence-corrected chi connectivity index (χ4v) is 1.48. The minimum absolute atomic E-state index is 0.0840. The smallest absolute Gasteiger partial charge is 0.260 e. The Balaban J connectivity index is 2.57. The van der Waals surface area contributed by atoms with Gasteiger partial charge in [-0.1, -0.05) is 0 Å². The van der Waals surface area contributed by atoms with E-state index in [1.54, 1.807) is 31.2 Å². The predicted octanol–water partition coefficient (Wildman–Crippen LogP) is 1.94. The van der Waals surface area contributed by atoms with E-state index in [4.69, 9.17) is 4.74 Å². The van der Waals surface area contributed by atoms with Crippen LogP contribution in [0.5, 0.6) is 5.75 Å². The van der Waals surface area contributed by atoms with Gasteiger partial charge in [0.05, 0.1) is 0 Å². The molecule has 1 aromatic rings. The Bertz CT molecular complexity index is 441. The minimum Gasteiger partial charge on any atom is -0.481 e. The van der Waals surface area contributed by atoms with Gasteiger partial charge in [0.2, 0.25) is 5.91 Å². The highest BCUT2D eigenvalue weighted by Gasteiger charge is 2.15. The lowest BCUT2D eigenvalue weighted by Gasteiger charge is -2.16. The van der Waals surface area contributed by atoms with Gasteiger partial charge in [-0.2, -0.15) is 0 Å². The molecular formula is C14H20N2O3. The Labute approximate surface area is 113 Å². The van der Waals surface area contributed by atoms with Crippen molar-refractivity contribution in [3.05, 3.63) is 24.3 Å². The van der Waals surface area contributed by atoms with Gasteiger partial charge >= 0.3 is 0 Å². The van der Waals surface area contributed by atoms with Crippen molar-refractivity contribution in [3.8, 4) is 5.75 Å². The summed E-state index contributed by atoms with van der Waals surface area (Å²) in [4.78, 5) is 22.5. The van der Waals surface area contributed by atoms with Crippen LogP contribution in [0.1, 0.15) is 27.7 Å². The van der Waals surface area contributed by atoms with Gasteiger partial charge in [-0.3, -0.25) is 9.59 Å². The number of hydrogen-bond donors (Lipinski definition) is 2. The molecule has 0 unspecified atom stereocenters. The van der Waals surface area contributed by atoms with E-state index >= 15 is 0 Å². The molecule has 19 heavy (non-hydrogen) atoms. The summed E-state index contributed by atoms with van der Waals surface area (Å²) < 4.78 is 5.51. The molecule has 2 amide bonds. The maximum absolute atomic E-state index is 11.7. The van der Waals surface area contributed by atoms with E-state index in [0.29, 0.717) is 11.4 Å². The average molecular weight is 264 g/mol. The molecule has 5 nitrogen and oxygen atoms in total. The molecule has 0 aliphatic carbocycles. The van der Waals surface area contributed by atoms with Crippen LogP contribution in [0.3, 0.4) is 0 Å². The second kappa shape index (κ2) is 6.78. The largest absolute Gasteiger partial charge is 0.481 e. The van der Waals surface area contributed by atoms with Crippen molar-refractivity contribution in [1.29, 1.82) is 0 Å². The van der Waals surface area contributed by atoms with Gasteiger partial charge in [0, 0.05) is 18.7 Å². The number of rotatable bonds is 5. The van der Waals surface area contributed by atoms with Gasteiger partial charge < -0.3 is 15.4 Å². The Kier molecular flexibility index (Phi) is 5.36. The van der Waals surface area contributed by atoms with Crippen LogP contribution in [0.4, 0.5) is 5.69 Å². The zero-order valence-corrected chi connectivity index (χ0v) is 11.7. The first-order valence-corrected chi connectivity index (χ1v) is 6.23. The number of carbonyl (C=O) groups is 2.